The molecule has 1 N–H and O–H groups in total. The van der Waals surface area contributed by atoms with Crippen LogP contribution in [0.1, 0.15) is 30.5 Å². The van der Waals surface area contributed by atoms with Gasteiger partial charge >= 0.3 is 0 Å². The van der Waals surface area contributed by atoms with Gasteiger partial charge in [-0.3, -0.25) is 9.59 Å². The third-order valence-corrected chi connectivity index (χ3v) is 5.60. The Bertz CT molecular complexity index is 795. The molecule has 1 unspecified atom stereocenters. The van der Waals surface area contributed by atoms with E-state index in [4.69, 9.17) is 11.6 Å². The molecule has 2 amide bonds. The van der Waals surface area contributed by atoms with E-state index in [0.717, 1.165) is 22.4 Å². The Morgan fingerprint density at radius 3 is 2.50 bits per heavy atom. The summed E-state index contributed by atoms with van der Waals surface area (Å²) >= 11 is 7.45. The third-order valence-electron chi connectivity index (χ3n) is 4.36. The van der Waals surface area contributed by atoms with E-state index in [1.807, 2.05) is 62.4 Å². The Morgan fingerprint density at radius 1 is 1.14 bits per heavy atom. The quantitative estimate of drug-likeness (QED) is 0.655. The molecule has 0 aromatic heterocycles. The number of thioether (sulfide) groups is 1. The molecule has 6 heteroatoms. The van der Waals surface area contributed by atoms with Crippen LogP contribution in [0.5, 0.6) is 0 Å². The molecule has 2 rings (SSSR count). The minimum Gasteiger partial charge on any atom is -0.355 e. The summed E-state index contributed by atoms with van der Waals surface area (Å²) in [6.45, 7) is 6.63. The van der Waals surface area contributed by atoms with Crippen molar-refractivity contribution in [1.29, 1.82) is 0 Å². The molecule has 0 bridgehead atoms. The van der Waals surface area contributed by atoms with Crippen molar-refractivity contribution in [2.75, 3.05) is 12.3 Å². The van der Waals surface area contributed by atoms with E-state index in [2.05, 4.69) is 5.32 Å². The number of hydrogen-bond acceptors (Lipinski definition) is 3. The molecule has 0 aliphatic carbocycles. The lowest BCUT2D eigenvalue weighted by molar-refractivity contribution is -0.138. The van der Waals surface area contributed by atoms with E-state index in [0.29, 0.717) is 23.9 Å². The van der Waals surface area contributed by atoms with Crippen LogP contribution in [0.15, 0.2) is 48.5 Å². The first kappa shape index (κ1) is 22.3. The monoisotopic (exact) mass is 418 g/mol. The molecule has 1 atom stereocenters. The Labute approximate surface area is 176 Å². The van der Waals surface area contributed by atoms with Crippen molar-refractivity contribution in [3.63, 3.8) is 0 Å². The number of nitrogens with one attached hydrogen (secondary N) is 1. The Balaban J connectivity index is 2.04. The molecule has 2 aromatic carbocycles. The molecular formula is C22H27ClN2O2S. The molecule has 0 fully saturated rings. The van der Waals surface area contributed by atoms with Crippen molar-refractivity contribution in [2.45, 2.75) is 39.1 Å². The average Bonchev–Trinajstić information content (AvgIpc) is 2.67. The Morgan fingerprint density at radius 2 is 1.86 bits per heavy atom. The minimum absolute atomic E-state index is 0.0424. The molecular weight excluding hydrogens is 392 g/mol. The van der Waals surface area contributed by atoms with Gasteiger partial charge in [0.05, 0.1) is 5.75 Å². The van der Waals surface area contributed by atoms with Crippen LogP contribution in [0.3, 0.4) is 0 Å². The lowest BCUT2D eigenvalue weighted by atomic mass is 10.1. The van der Waals surface area contributed by atoms with Crippen molar-refractivity contribution >= 4 is 35.2 Å². The van der Waals surface area contributed by atoms with E-state index in [1.54, 1.807) is 11.8 Å². The van der Waals surface area contributed by atoms with Gasteiger partial charge in [0.2, 0.25) is 11.8 Å². The number of benzene rings is 2. The SMILES string of the molecule is CCNC(=O)C(C)N(Cc1cccc(C)c1)C(=O)CSCc1ccc(Cl)cc1. The molecule has 0 spiro atoms. The van der Waals surface area contributed by atoms with E-state index < -0.39 is 6.04 Å². The molecule has 0 saturated carbocycles. The van der Waals surface area contributed by atoms with Crippen molar-refractivity contribution in [3.05, 3.63) is 70.2 Å². The van der Waals surface area contributed by atoms with Gasteiger partial charge in [-0.25, -0.2) is 0 Å². The lowest BCUT2D eigenvalue weighted by Crippen LogP contribution is -2.48. The van der Waals surface area contributed by atoms with Gasteiger partial charge in [0, 0.05) is 23.9 Å². The smallest absolute Gasteiger partial charge is 0.242 e. The third kappa shape index (κ3) is 6.88. The van der Waals surface area contributed by atoms with Crippen LogP contribution in [0, 0.1) is 6.92 Å². The maximum absolute atomic E-state index is 12.9. The predicted octanol–water partition coefficient (Wildman–Crippen LogP) is 4.44. The molecule has 150 valence electrons. The molecule has 2 aromatic rings. The van der Waals surface area contributed by atoms with Crippen LogP contribution >= 0.6 is 23.4 Å². The Hall–Kier alpha value is -1.98. The van der Waals surface area contributed by atoms with Crippen LogP contribution < -0.4 is 5.32 Å². The van der Waals surface area contributed by atoms with Crippen LogP contribution in [0.25, 0.3) is 0 Å². The minimum atomic E-state index is -0.524. The first-order valence-corrected chi connectivity index (χ1v) is 10.9. The fourth-order valence-corrected chi connectivity index (χ4v) is 3.83. The highest BCUT2D eigenvalue weighted by Gasteiger charge is 2.25. The van der Waals surface area contributed by atoms with Gasteiger partial charge in [-0.05, 0) is 44.0 Å². The number of carbonyl (C=O) groups excluding carboxylic acids is 2. The average molecular weight is 419 g/mol. The van der Waals surface area contributed by atoms with Gasteiger partial charge in [0.25, 0.3) is 0 Å². The van der Waals surface area contributed by atoms with Gasteiger partial charge in [0.15, 0.2) is 0 Å². The zero-order valence-corrected chi connectivity index (χ0v) is 18.1. The summed E-state index contributed by atoms with van der Waals surface area (Å²) in [6.07, 6.45) is 0. The van der Waals surface area contributed by atoms with Gasteiger partial charge in [-0.1, -0.05) is 53.6 Å². The topological polar surface area (TPSA) is 49.4 Å². The molecule has 4 nitrogen and oxygen atoms in total. The summed E-state index contributed by atoms with van der Waals surface area (Å²) in [5, 5.41) is 3.51. The fourth-order valence-electron chi connectivity index (χ4n) is 2.83. The van der Waals surface area contributed by atoms with Gasteiger partial charge in [-0.2, -0.15) is 0 Å². The Kier molecular flexibility index (Phi) is 8.87. The number of aryl methyl sites for hydroxylation is 1. The van der Waals surface area contributed by atoms with E-state index in [1.165, 1.54) is 11.8 Å². The predicted molar refractivity (Wildman–Crippen MR) is 117 cm³/mol. The summed E-state index contributed by atoms with van der Waals surface area (Å²) in [5.41, 5.74) is 3.27. The van der Waals surface area contributed by atoms with Crippen LogP contribution in [-0.4, -0.2) is 35.1 Å². The normalized spacial score (nSPS) is 11.7. The molecule has 0 saturated heterocycles. The van der Waals surface area contributed by atoms with Crippen molar-refractivity contribution < 1.29 is 9.59 Å². The number of rotatable bonds is 9. The first-order chi connectivity index (χ1) is 13.4. The van der Waals surface area contributed by atoms with Crippen molar-refractivity contribution in [3.8, 4) is 0 Å². The van der Waals surface area contributed by atoms with E-state index in [-0.39, 0.29) is 11.8 Å². The number of likely N-dealkylation sites (N-methyl/N-ethyl adjacent to an activating group) is 1. The zero-order valence-electron chi connectivity index (χ0n) is 16.6. The first-order valence-electron chi connectivity index (χ1n) is 9.35. The summed E-state index contributed by atoms with van der Waals surface area (Å²) in [7, 11) is 0. The lowest BCUT2D eigenvalue weighted by Gasteiger charge is -2.28. The van der Waals surface area contributed by atoms with Gasteiger partial charge < -0.3 is 10.2 Å². The molecule has 28 heavy (non-hydrogen) atoms. The zero-order chi connectivity index (χ0) is 20.5. The number of amides is 2. The summed E-state index contributed by atoms with van der Waals surface area (Å²) < 4.78 is 0. The second kappa shape index (κ2) is 11.1. The number of nitrogens with zero attached hydrogens (tertiary/aromatic N) is 1. The van der Waals surface area contributed by atoms with Gasteiger partial charge in [0.1, 0.15) is 6.04 Å². The van der Waals surface area contributed by atoms with E-state index >= 15 is 0 Å². The van der Waals surface area contributed by atoms with Crippen molar-refractivity contribution in [1.82, 2.24) is 10.2 Å². The summed E-state index contributed by atoms with van der Waals surface area (Å²) in [4.78, 5) is 26.9. The van der Waals surface area contributed by atoms with Crippen LogP contribution in [0.2, 0.25) is 5.02 Å². The van der Waals surface area contributed by atoms with E-state index in [9.17, 15) is 9.59 Å². The summed E-state index contributed by atoms with van der Waals surface area (Å²) in [6, 6.07) is 15.1. The van der Waals surface area contributed by atoms with Crippen molar-refractivity contribution in [2.24, 2.45) is 0 Å². The second-order valence-electron chi connectivity index (χ2n) is 6.70. The maximum atomic E-state index is 12.9. The second-order valence-corrected chi connectivity index (χ2v) is 8.12. The highest BCUT2D eigenvalue weighted by molar-refractivity contribution is 7.99. The standard InChI is InChI=1S/C22H27ClN2O2S/c1-4-24-22(27)17(3)25(13-19-7-5-6-16(2)12-19)21(26)15-28-14-18-8-10-20(23)11-9-18/h5-12,17H,4,13-15H2,1-3H3,(H,24,27). The maximum Gasteiger partial charge on any atom is 0.242 e. The number of halogens is 1. The fraction of sp³-hybridized carbons (Fsp3) is 0.364. The van der Waals surface area contributed by atoms with Crippen LogP contribution in [-0.2, 0) is 21.9 Å². The molecule has 0 radical (unpaired) electrons. The number of carbonyl (C=O) groups is 2. The summed E-state index contributed by atoms with van der Waals surface area (Å²) in [5.74, 6) is 0.861. The highest BCUT2D eigenvalue weighted by atomic mass is 35.5. The highest BCUT2D eigenvalue weighted by Crippen LogP contribution is 2.18. The molecule has 0 aliphatic rings. The van der Waals surface area contributed by atoms with Crippen LogP contribution in [0.4, 0.5) is 0 Å². The molecule has 0 heterocycles. The number of hydrogen-bond donors (Lipinski definition) is 1. The van der Waals surface area contributed by atoms with Gasteiger partial charge in [-0.15, -0.1) is 11.8 Å². The molecule has 0 aliphatic heterocycles. The largest absolute Gasteiger partial charge is 0.355 e.